The van der Waals surface area contributed by atoms with Crippen LogP contribution in [0.15, 0.2) is 48.5 Å². The van der Waals surface area contributed by atoms with Gasteiger partial charge < -0.3 is 14.4 Å². The molecular weight excluding hydrogens is 370 g/mol. The van der Waals surface area contributed by atoms with Gasteiger partial charge >= 0.3 is 0 Å². The van der Waals surface area contributed by atoms with Gasteiger partial charge in [-0.3, -0.25) is 14.5 Å². The lowest BCUT2D eigenvalue weighted by atomic mass is 10.1. The Labute approximate surface area is 170 Å². The van der Waals surface area contributed by atoms with Crippen molar-refractivity contribution >= 4 is 23.2 Å². The zero-order valence-electron chi connectivity index (χ0n) is 16.7. The van der Waals surface area contributed by atoms with E-state index in [1.807, 2.05) is 18.2 Å². The first kappa shape index (κ1) is 19.3. The van der Waals surface area contributed by atoms with E-state index in [1.165, 1.54) is 17.7 Å². The fraction of sp³-hybridized carbons (Fsp3) is 0.364. The molecule has 4 rings (SSSR count). The molecule has 2 aromatic carbocycles. The number of anilines is 2. The molecule has 2 saturated heterocycles. The van der Waals surface area contributed by atoms with Crippen molar-refractivity contribution in [2.24, 2.45) is 0 Å². The molecule has 2 aromatic rings. The van der Waals surface area contributed by atoms with Crippen LogP contribution in [0.2, 0.25) is 0 Å². The van der Waals surface area contributed by atoms with Gasteiger partial charge in [-0.15, -0.1) is 0 Å². The summed E-state index contributed by atoms with van der Waals surface area (Å²) in [5.74, 6) is 0.666. The van der Waals surface area contributed by atoms with Gasteiger partial charge in [0, 0.05) is 37.9 Å². The highest BCUT2D eigenvalue weighted by Crippen LogP contribution is 2.36. The van der Waals surface area contributed by atoms with Crippen LogP contribution in [-0.2, 0) is 9.59 Å². The second kappa shape index (κ2) is 8.13. The van der Waals surface area contributed by atoms with Gasteiger partial charge in [0.1, 0.15) is 11.5 Å². The molecule has 152 valence electrons. The van der Waals surface area contributed by atoms with Crippen molar-refractivity contribution in [3.05, 3.63) is 48.5 Å². The number of para-hydroxylation sites is 1. The first-order valence-corrected chi connectivity index (χ1v) is 9.75. The number of hydrogen-bond acceptors (Lipinski definition) is 6. The van der Waals surface area contributed by atoms with Crippen molar-refractivity contribution in [3.8, 4) is 11.5 Å². The Kier molecular flexibility index (Phi) is 5.40. The molecule has 0 N–H and O–H groups in total. The molecule has 1 atom stereocenters. The van der Waals surface area contributed by atoms with E-state index < -0.39 is 6.04 Å². The van der Waals surface area contributed by atoms with Crippen molar-refractivity contribution in [1.82, 2.24) is 4.90 Å². The Bertz CT molecular complexity index is 894. The van der Waals surface area contributed by atoms with E-state index in [1.54, 1.807) is 25.3 Å². The van der Waals surface area contributed by atoms with Gasteiger partial charge in [-0.1, -0.05) is 18.2 Å². The standard InChI is InChI=1S/C22H25N3O4/c1-28-17-8-9-18(20(14-17)29-2)25-21(26)15-19(22(25)27)24-12-10-23(11-13-24)16-6-4-3-5-7-16/h3-9,14,19H,10-13,15H2,1-2H3/t19-/m0/s1. The Morgan fingerprint density at radius 3 is 2.28 bits per heavy atom. The average Bonchev–Trinajstić information content (AvgIpc) is 3.07. The van der Waals surface area contributed by atoms with Crippen LogP contribution in [-0.4, -0.2) is 63.2 Å². The average molecular weight is 395 g/mol. The normalized spacial score (nSPS) is 20.3. The number of ether oxygens (including phenoxy) is 2. The van der Waals surface area contributed by atoms with Crippen LogP contribution in [0.5, 0.6) is 11.5 Å². The Balaban J connectivity index is 1.48. The minimum atomic E-state index is -0.424. The lowest BCUT2D eigenvalue weighted by Crippen LogP contribution is -2.52. The van der Waals surface area contributed by atoms with E-state index in [-0.39, 0.29) is 18.2 Å². The van der Waals surface area contributed by atoms with E-state index in [0.717, 1.165) is 26.2 Å². The molecule has 0 radical (unpaired) electrons. The second-order valence-electron chi connectivity index (χ2n) is 7.18. The number of hydrogen-bond donors (Lipinski definition) is 0. The number of amides is 2. The predicted molar refractivity (Wildman–Crippen MR) is 111 cm³/mol. The summed E-state index contributed by atoms with van der Waals surface area (Å²) in [5, 5.41) is 0. The van der Waals surface area contributed by atoms with Crippen LogP contribution in [0.1, 0.15) is 6.42 Å². The largest absolute Gasteiger partial charge is 0.497 e. The van der Waals surface area contributed by atoms with Gasteiger partial charge in [0.2, 0.25) is 5.91 Å². The van der Waals surface area contributed by atoms with Gasteiger partial charge in [-0.2, -0.15) is 0 Å². The van der Waals surface area contributed by atoms with Crippen molar-refractivity contribution in [2.45, 2.75) is 12.5 Å². The van der Waals surface area contributed by atoms with Gasteiger partial charge in [0.15, 0.2) is 0 Å². The maximum atomic E-state index is 13.2. The highest BCUT2D eigenvalue weighted by molar-refractivity contribution is 6.23. The summed E-state index contributed by atoms with van der Waals surface area (Å²) < 4.78 is 10.6. The first-order chi connectivity index (χ1) is 14.1. The Hall–Kier alpha value is -3.06. The van der Waals surface area contributed by atoms with E-state index in [9.17, 15) is 9.59 Å². The molecule has 2 heterocycles. The van der Waals surface area contributed by atoms with Gasteiger partial charge in [0.25, 0.3) is 5.91 Å². The molecule has 0 aliphatic carbocycles. The number of benzene rings is 2. The lowest BCUT2D eigenvalue weighted by molar-refractivity contribution is -0.123. The second-order valence-corrected chi connectivity index (χ2v) is 7.18. The third kappa shape index (κ3) is 3.65. The molecule has 0 spiro atoms. The summed E-state index contributed by atoms with van der Waals surface area (Å²) in [5.41, 5.74) is 1.65. The topological polar surface area (TPSA) is 62.3 Å². The molecule has 7 heteroatoms. The number of imide groups is 1. The van der Waals surface area contributed by atoms with Crippen LogP contribution in [0.25, 0.3) is 0 Å². The van der Waals surface area contributed by atoms with Gasteiger partial charge in [-0.25, -0.2) is 4.90 Å². The van der Waals surface area contributed by atoms with Crippen molar-refractivity contribution in [3.63, 3.8) is 0 Å². The predicted octanol–water partition coefficient (Wildman–Crippen LogP) is 2.16. The first-order valence-electron chi connectivity index (χ1n) is 9.75. The SMILES string of the molecule is COc1ccc(N2C(=O)C[C@H](N3CCN(c4ccccc4)CC3)C2=O)c(OC)c1. The molecule has 7 nitrogen and oxygen atoms in total. The maximum absolute atomic E-state index is 13.2. The minimum absolute atomic E-state index is 0.188. The van der Waals surface area contributed by atoms with E-state index >= 15 is 0 Å². The Morgan fingerprint density at radius 1 is 0.897 bits per heavy atom. The maximum Gasteiger partial charge on any atom is 0.251 e. The lowest BCUT2D eigenvalue weighted by Gasteiger charge is -2.38. The summed E-state index contributed by atoms with van der Waals surface area (Å²) in [6, 6.07) is 14.9. The summed E-state index contributed by atoms with van der Waals surface area (Å²) >= 11 is 0. The van der Waals surface area contributed by atoms with E-state index in [2.05, 4.69) is 21.9 Å². The molecule has 2 fully saturated rings. The van der Waals surface area contributed by atoms with E-state index in [4.69, 9.17) is 9.47 Å². The highest BCUT2D eigenvalue weighted by Gasteiger charge is 2.44. The number of rotatable bonds is 5. The van der Waals surface area contributed by atoms with E-state index in [0.29, 0.717) is 17.2 Å². The molecular formula is C22H25N3O4. The third-order valence-corrected chi connectivity index (χ3v) is 5.63. The number of carbonyl (C=O) groups excluding carboxylic acids is 2. The number of carbonyl (C=O) groups is 2. The summed E-state index contributed by atoms with van der Waals surface area (Å²) in [6.45, 7) is 3.14. The quantitative estimate of drug-likeness (QED) is 0.723. The highest BCUT2D eigenvalue weighted by atomic mass is 16.5. The monoisotopic (exact) mass is 395 g/mol. The van der Waals surface area contributed by atoms with Crippen LogP contribution in [0.4, 0.5) is 11.4 Å². The molecule has 2 amide bonds. The molecule has 2 aliphatic rings. The number of methoxy groups -OCH3 is 2. The van der Waals surface area contributed by atoms with Gasteiger partial charge in [0.05, 0.1) is 32.4 Å². The number of piperazine rings is 1. The van der Waals surface area contributed by atoms with Gasteiger partial charge in [-0.05, 0) is 24.3 Å². The van der Waals surface area contributed by atoms with Crippen LogP contribution in [0.3, 0.4) is 0 Å². The zero-order valence-corrected chi connectivity index (χ0v) is 16.7. The van der Waals surface area contributed by atoms with Crippen molar-refractivity contribution in [1.29, 1.82) is 0 Å². The number of nitrogens with zero attached hydrogens (tertiary/aromatic N) is 3. The van der Waals surface area contributed by atoms with Crippen LogP contribution >= 0.6 is 0 Å². The molecule has 0 bridgehead atoms. The summed E-state index contributed by atoms with van der Waals surface area (Å²) in [6.07, 6.45) is 0.194. The fourth-order valence-electron chi connectivity index (χ4n) is 4.05. The molecule has 0 unspecified atom stereocenters. The zero-order chi connectivity index (χ0) is 20.4. The third-order valence-electron chi connectivity index (χ3n) is 5.63. The van der Waals surface area contributed by atoms with Crippen molar-refractivity contribution in [2.75, 3.05) is 50.2 Å². The molecule has 0 saturated carbocycles. The molecule has 29 heavy (non-hydrogen) atoms. The minimum Gasteiger partial charge on any atom is -0.497 e. The van der Waals surface area contributed by atoms with Crippen molar-refractivity contribution < 1.29 is 19.1 Å². The molecule has 2 aliphatic heterocycles. The fourth-order valence-corrected chi connectivity index (χ4v) is 4.05. The van der Waals surface area contributed by atoms with Crippen LogP contribution in [0, 0.1) is 0 Å². The summed E-state index contributed by atoms with van der Waals surface area (Å²) in [7, 11) is 3.08. The smallest absolute Gasteiger partial charge is 0.251 e. The van der Waals surface area contributed by atoms with Crippen LogP contribution < -0.4 is 19.3 Å². The molecule has 0 aromatic heterocycles. The Morgan fingerprint density at radius 2 is 1.62 bits per heavy atom. The summed E-state index contributed by atoms with van der Waals surface area (Å²) in [4.78, 5) is 31.6.